The minimum Gasteiger partial charge on any atom is -0.306 e. The third-order valence-electron chi connectivity index (χ3n) is 4.23. The number of benzene rings is 2. The summed E-state index contributed by atoms with van der Waals surface area (Å²) in [6.07, 6.45) is 1.76. The zero-order chi connectivity index (χ0) is 19.0. The van der Waals surface area contributed by atoms with E-state index in [4.69, 9.17) is 0 Å². The lowest BCUT2D eigenvalue weighted by atomic mass is 10.1. The SMILES string of the molecule is Cc1ccn2c(NC(=O)c3ccccc3F)c(-c3cccc(F)c3)nc2c1. The van der Waals surface area contributed by atoms with Gasteiger partial charge in [-0.1, -0.05) is 24.3 Å². The molecule has 0 saturated carbocycles. The number of hydrogen-bond donors (Lipinski definition) is 1. The molecule has 0 bridgehead atoms. The van der Waals surface area contributed by atoms with Crippen LogP contribution in [-0.4, -0.2) is 15.3 Å². The third kappa shape index (κ3) is 3.17. The Bertz CT molecular complexity index is 1170. The highest BCUT2D eigenvalue weighted by Crippen LogP contribution is 2.30. The topological polar surface area (TPSA) is 46.4 Å². The Labute approximate surface area is 154 Å². The summed E-state index contributed by atoms with van der Waals surface area (Å²) in [5, 5.41) is 2.73. The lowest BCUT2D eigenvalue weighted by Gasteiger charge is -2.09. The van der Waals surface area contributed by atoms with Crippen LogP contribution >= 0.6 is 0 Å². The Balaban J connectivity index is 1.86. The highest BCUT2D eigenvalue weighted by Gasteiger charge is 2.19. The number of fused-ring (bicyclic) bond motifs is 1. The first kappa shape index (κ1) is 16.9. The maximum absolute atomic E-state index is 14.0. The molecule has 0 spiro atoms. The van der Waals surface area contributed by atoms with Crippen LogP contribution in [0.25, 0.3) is 16.9 Å². The van der Waals surface area contributed by atoms with Crippen LogP contribution in [0.5, 0.6) is 0 Å². The number of carbonyl (C=O) groups is 1. The van der Waals surface area contributed by atoms with Crippen LogP contribution in [0.15, 0.2) is 66.9 Å². The van der Waals surface area contributed by atoms with Gasteiger partial charge in [-0.25, -0.2) is 13.8 Å². The van der Waals surface area contributed by atoms with Gasteiger partial charge >= 0.3 is 0 Å². The Hall–Kier alpha value is -3.54. The average Bonchev–Trinajstić information content (AvgIpc) is 2.99. The number of imidazole rings is 1. The minimum atomic E-state index is -0.619. The van der Waals surface area contributed by atoms with Crippen LogP contribution in [0.1, 0.15) is 15.9 Å². The van der Waals surface area contributed by atoms with Crippen molar-refractivity contribution in [3.8, 4) is 11.3 Å². The minimum absolute atomic E-state index is 0.0789. The van der Waals surface area contributed by atoms with Crippen molar-refractivity contribution in [2.24, 2.45) is 0 Å². The zero-order valence-corrected chi connectivity index (χ0v) is 14.4. The van der Waals surface area contributed by atoms with E-state index in [1.54, 1.807) is 28.8 Å². The molecule has 4 aromatic rings. The first-order valence-corrected chi connectivity index (χ1v) is 8.33. The molecule has 0 atom stereocenters. The smallest absolute Gasteiger partial charge is 0.259 e. The quantitative estimate of drug-likeness (QED) is 0.566. The van der Waals surface area contributed by atoms with Gasteiger partial charge in [-0.3, -0.25) is 9.20 Å². The molecule has 0 aliphatic heterocycles. The highest BCUT2D eigenvalue weighted by molar-refractivity contribution is 6.06. The monoisotopic (exact) mass is 363 g/mol. The molecule has 0 aliphatic rings. The van der Waals surface area contributed by atoms with Crippen molar-refractivity contribution in [1.29, 1.82) is 0 Å². The molecule has 6 heteroatoms. The molecule has 0 radical (unpaired) electrons. The van der Waals surface area contributed by atoms with Gasteiger partial charge in [-0.15, -0.1) is 0 Å². The summed E-state index contributed by atoms with van der Waals surface area (Å²) in [5.74, 6) is -1.28. The molecule has 1 N–H and O–H groups in total. The van der Waals surface area contributed by atoms with Gasteiger partial charge in [0.1, 0.15) is 28.8 Å². The van der Waals surface area contributed by atoms with E-state index in [9.17, 15) is 13.6 Å². The number of nitrogens with one attached hydrogen (secondary N) is 1. The Kier molecular flexibility index (Phi) is 4.16. The first-order valence-electron chi connectivity index (χ1n) is 8.33. The fourth-order valence-corrected chi connectivity index (χ4v) is 2.92. The van der Waals surface area contributed by atoms with E-state index >= 15 is 0 Å². The second kappa shape index (κ2) is 6.64. The summed E-state index contributed by atoms with van der Waals surface area (Å²) in [4.78, 5) is 17.2. The predicted molar refractivity (Wildman–Crippen MR) is 99.7 cm³/mol. The summed E-state index contributed by atoms with van der Waals surface area (Å²) >= 11 is 0. The number of aryl methyl sites for hydroxylation is 1. The number of halogens is 2. The zero-order valence-electron chi connectivity index (χ0n) is 14.4. The molecule has 27 heavy (non-hydrogen) atoms. The third-order valence-corrected chi connectivity index (χ3v) is 4.23. The molecule has 2 heterocycles. The van der Waals surface area contributed by atoms with Crippen molar-refractivity contribution in [3.05, 3.63) is 89.6 Å². The van der Waals surface area contributed by atoms with Crippen molar-refractivity contribution in [2.45, 2.75) is 6.92 Å². The molecule has 0 unspecified atom stereocenters. The summed E-state index contributed by atoms with van der Waals surface area (Å²) in [6.45, 7) is 1.92. The second-order valence-corrected chi connectivity index (χ2v) is 6.19. The van der Waals surface area contributed by atoms with E-state index < -0.39 is 17.5 Å². The number of hydrogen-bond acceptors (Lipinski definition) is 2. The number of pyridine rings is 1. The molecule has 2 aromatic heterocycles. The number of aromatic nitrogens is 2. The van der Waals surface area contributed by atoms with Gasteiger partial charge in [0.15, 0.2) is 0 Å². The van der Waals surface area contributed by atoms with E-state index in [0.717, 1.165) is 5.56 Å². The normalized spacial score (nSPS) is 10.9. The van der Waals surface area contributed by atoms with Gasteiger partial charge in [0.05, 0.1) is 5.56 Å². The van der Waals surface area contributed by atoms with Gasteiger partial charge in [-0.05, 0) is 48.9 Å². The number of carbonyl (C=O) groups excluding carboxylic acids is 1. The van der Waals surface area contributed by atoms with E-state index in [-0.39, 0.29) is 5.56 Å². The van der Waals surface area contributed by atoms with Gasteiger partial charge in [0, 0.05) is 11.8 Å². The number of amides is 1. The van der Waals surface area contributed by atoms with Gasteiger partial charge < -0.3 is 5.32 Å². The summed E-state index contributed by atoms with van der Waals surface area (Å²) in [5.41, 5.74) is 2.43. The molecule has 134 valence electrons. The summed E-state index contributed by atoms with van der Waals surface area (Å²) in [6, 6.07) is 15.4. The standard InChI is InChI=1S/C21H15F2N3O/c1-13-9-10-26-18(11-13)24-19(14-5-4-6-15(22)12-14)20(26)25-21(27)16-7-2-3-8-17(16)23/h2-12H,1H3,(H,25,27). The van der Waals surface area contributed by atoms with Crippen LogP contribution in [0.3, 0.4) is 0 Å². The van der Waals surface area contributed by atoms with E-state index in [1.165, 1.54) is 30.3 Å². The molecule has 1 amide bonds. The molecule has 0 aliphatic carbocycles. The lowest BCUT2D eigenvalue weighted by Crippen LogP contribution is -2.15. The second-order valence-electron chi connectivity index (χ2n) is 6.19. The molecule has 2 aromatic carbocycles. The molecule has 4 rings (SSSR count). The molecule has 4 nitrogen and oxygen atoms in total. The number of rotatable bonds is 3. The molecular weight excluding hydrogens is 348 g/mol. The van der Waals surface area contributed by atoms with E-state index in [2.05, 4.69) is 10.3 Å². The van der Waals surface area contributed by atoms with Crippen molar-refractivity contribution in [3.63, 3.8) is 0 Å². The average molecular weight is 363 g/mol. The van der Waals surface area contributed by atoms with Gasteiger partial charge in [0.2, 0.25) is 0 Å². The van der Waals surface area contributed by atoms with E-state index in [0.29, 0.717) is 22.7 Å². The first-order chi connectivity index (χ1) is 13.0. The Morgan fingerprint density at radius 2 is 1.85 bits per heavy atom. The summed E-state index contributed by atoms with van der Waals surface area (Å²) < 4.78 is 29.4. The van der Waals surface area contributed by atoms with Gasteiger partial charge in [-0.2, -0.15) is 0 Å². The largest absolute Gasteiger partial charge is 0.306 e. The van der Waals surface area contributed by atoms with Crippen molar-refractivity contribution < 1.29 is 13.6 Å². The van der Waals surface area contributed by atoms with Crippen LogP contribution < -0.4 is 5.32 Å². The van der Waals surface area contributed by atoms with E-state index in [1.807, 2.05) is 19.1 Å². The number of anilines is 1. The fraction of sp³-hybridized carbons (Fsp3) is 0.0476. The van der Waals surface area contributed by atoms with Crippen molar-refractivity contribution in [2.75, 3.05) is 5.32 Å². The predicted octanol–water partition coefficient (Wildman–Crippen LogP) is 4.84. The van der Waals surface area contributed by atoms with Crippen LogP contribution in [-0.2, 0) is 0 Å². The maximum atomic E-state index is 14.0. The molecule has 0 fully saturated rings. The number of nitrogens with zero attached hydrogens (tertiary/aromatic N) is 2. The maximum Gasteiger partial charge on any atom is 0.259 e. The van der Waals surface area contributed by atoms with Crippen molar-refractivity contribution >= 4 is 17.4 Å². The highest BCUT2D eigenvalue weighted by atomic mass is 19.1. The summed E-state index contributed by atoms with van der Waals surface area (Å²) in [7, 11) is 0. The van der Waals surface area contributed by atoms with Crippen molar-refractivity contribution in [1.82, 2.24) is 9.38 Å². The van der Waals surface area contributed by atoms with Crippen LogP contribution in [0.2, 0.25) is 0 Å². The molecule has 0 saturated heterocycles. The van der Waals surface area contributed by atoms with Gasteiger partial charge in [0.25, 0.3) is 5.91 Å². The molecular formula is C21H15F2N3O. The Morgan fingerprint density at radius 1 is 1.04 bits per heavy atom. The lowest BCUT2D eigenvalue weighted by molar-refractivity contribution is 0.102. The fourth-order valence-electron chi connectivity index (χ4n) is 2.92. The Morgan fingerprint density at radius 3 is 2.63 bits per heavy atom. The van der Waals surface area contributed by atoms with Crippen LogP contribution in [0, 0.1) is 18.6 Å². The van der Waals surface area contributed by atoms with Crippen LogP contribution in [0.4, 0.5) is 14.6 Å².